The van der Waals surface area contributed by atoms with Crippen molar-refractivity contribution in [2.24, 2.45) is 4.99 Å². The molecule has 2 aromatic carbocycles. The van der Waals surface area contributed by atoms with Gasteiger partial charge in [-0.05, 0) is 55.6 Å². The topological polar surface area (TPSA) is 93.6 Å². The molecule has 0 spiro atoms. The zero-order valence-corrected chi connectivity index (χ0v) is 19.8. The Bertz CT molecular complexity index is 1420. The number of hydrogen-bond donors (Lipinski definition) is 0. The molecule has 1 aliphatic rings. The highest BCUT2D eigenvalue weighted by Crippen LogP contribution is 2.26. The lowest BCUT2D eigenvalue weighted by Crippen LogP contribution is -2.31. The van der Waals surface area contributed by atoms with Crippen LogP contribution in [0, 0.1) is 6.92 Å². The lowest BCUT2D eigenvalue weighted by atomic mass is 10.1. The molecule has 0 unspecified atom stereocenters. The predicted octanol–water partition coefficient (Wildman–Crippen LogP) is 4.53. The number of carbonyl (C=O) groups is 2. The Labute approximate surface area is 204 Å². The molecule has 10 heteroatoms. The van der Waals surface area contributed by atoms with Crippen molar-refractivity contribution >= 4 is 34.9 Å². The molecule has 1 aliphatic heterocycles. The van der Waals surface area contributed by atoms with E-state index in [0.717, 1.165) is 29.9 Å². The van der Waals surface area contributed by atoms with Gasteiger partial charge in [0.2, 0.25) is 0 Å². The van der Waals surface area contributed by atoms with E-state index in [1.54, 1.807) is 40.2 Å². The standard InChI is InChI=1S/C24H20ClN5O3S/c1-15-19(20(28-33-15)16-7-3-2-4-8-16)22(31)26-23-21(24(32)29-13-5-6-14-29)27-30(34-23)18-11-9-17(25)10-12-18/h2-4,7-12H,5-6,13-14H2,1H3. The van der Waals surface area contributed by atoms with Crippen LogP contribution in [0.25, 0.3) is 16.9 Å². The third-order valence-corrected chi connectivity index (χ3v) is 6.71. The van der Waals surface area contributed by atoms with Crippen LogP contribution in [0.15, 0.2) is 64.1 Å². The number of amides is 2. The fraction of sp³-hybridized carbons (Fsp3) is 0.208. The highest BCUT2D eigenvalue weighted by molar-refractivity contribution is 7.04. The highest BCUT2D eigenvalue weighted by Gasteiger charge is 2.26. The molecular formula is C24H20ClN5O3S. The average Bonchev–Trinajstić information content (AvgIpc) is 3.60. The summed E-state index contributed by atoms with van der Waals surface area (Å²) in [5, 5.41) is 9.17. The third-order valence-electron chi connectivity index (χ3n) is 5.54. The molecule has 8 nitrogen and oxygen atoms in total. The van der Waals surface area contributed by atoms with E-state index in [0.29, 0.717) is 35.3 Å². The molecule has 1 fully saturated rings. The molecular weight excluding hydrogens is 474 g/mol. The van der Waals surface area contributed by atoms with Crippen LogP contribution in [0.3, 0.4) is 0 Å². The number of aromatic nitrogens is 3. The normalized spacial score (nSPS) is 14.1. The lowest BCUT2D eigenvalue weighted by Gasteiger charge is -2.12. The van der Waals surface area contributed by atoms with Crippen LogP contribution in [0.5, 0.6) is 0 Å². The van der Waals surface area contributed by atoms with E-state index in [1.165, 1.54) is 0 Å². The molecule has 1 saturated heterocycles. The van der Waals surface area contributed by atoms with Gasteiger partial charge in [0.15, 0.2) is 10.4 Å². The molecule has 0 N–H and O–H groups in total. The number of carbonyl (C=O) groups excluding carboxylic acids is 2. The van der Waals surface area contributed by atoms with Gasteiger partial charge in [-0.25, -0.2) is 0 Å². The molecule has 0 atom stereocenters. The Kier molecular flexibility index (Phi) is 6.12. The average molecular weight is 494 g/mol. The first-order chi connectivity index (χ1) is 16.5. The second kappa shape index (κ2) is 9.36. The molecule has 3 heterocycles. The van der Waals surface area contributed by atoms with Crippen LogP contribution < -0.4 is 4.67 Å². The van der Waals surface area contributed by atoms with Gasteiger partial charge in [0.25, 0.3) is 11.8 Å². The number of hydrogen-bond acceptors (Lipinski definition) is 6. The molecule has 0 aliphatic carbocycles. The van der Waals surface area contributed by atoms with Gasteiger partial charge in [0.05, 0.1) is 5.69 Å². The van der Waals surface area contributed by atoms with Crippen molar-refractivity contribution in [3.63, 3.8) is 0 Å². The van der Waals surface area contributed by atoms with E-state index >= 15 is 0 Å². The largest absolute Gasteiger partial charge is 0.360 e. The van der Waals surface area contributed by atoms with Crippen LogP contribution in [-0.2, 0) is 0 Å². The number of rotatable bonds is 4. The van der Waals surface area contributed by atoms with Crippen molar-refractivity contribution in [2.45, 2.75) is 19.8 Å². The summed E-state index contributed by atoms with van der Waals surface area (Å²) in [4.78, 5) is 32.6. The maximum atomic E-state index is 13.3. The van der Waals surface area contributed by atoms with Gasteiger partial charge in [-0.3, -0.25) is 9.59 Å². The molecule has 0 saturated carbocycles. The monoisotopic (exact) mass is 493 g/mol. The fourth-order valence-corrected chi connectivity index (χ4v) is 4.78. The van der Waals surface area contributed by atoms with E-state index in [-0.39, 0.29) is 21.8 Å². The predicted molar refractivity (Wildman–Crippen MR) is 128 cm³/mol. The summed E-state index contributed by atoms with van der Waals surface area (Å²) in [6.07, 6.45) is 1.89. The number of aryl methyl sites for hydroxylation is 1. The first kappa shape index (κ1) is 22.2. The van der Waals surface area contributed by atoms with Gasteiger partial charge in [-0.2, -0.15) is 9.06 Å². The maximum absolute atomic E-state index is 13.3. The maximum Gasteiger partial charge on any atom is 0.284 e. The smallest absolute Gasteiger partial charge is 0.284 e. The number of benzene rings is 2. The number of halogens is 1. The summed E-state index contributed by atoms with van der Waals surface area (Å²) < 4.78 is 7.12. The minimum absolute atomic E-state index is 0.144. The molecule has 34 heavy (non-hydrogen) atoms. The molecule has 2 amide bonds. The summed E-state index contributed by atoms with van der Waals surface area (Å²) in [7, 11) is 0. The number of likely N-dealkylation sites (tertiary alicyclic amines) is 1. The second-order valence-electron chi connectivity index (χ2n) is 7.84. The quantitative estimate of drug-likeness (QED) is 0.416. The summed E-state index contributed by atoms with van der Waals surface area (Å²) in [5.41, 5.74) is 2.27. The van der Waals surface area contributed by atoms with Gasteiger partial charge in [0, 0.05) is 23.7 Å². The Hall–Kier alpha value is -3.56. The molecule has 5 rings (SSSR count). The van der Waals surface area contributed by atoms with Crippen molar-refractivity contribution in [1.82, 2.24) is 19.2 Å². The minimum atomic E-state index is -0.542. The van der Waals surface area contributed by atoms with Crippen LogP contribution >= 0.6 is 23.1 Å². The van der Waals surface area contributed by atoms with Crippen molar-refractivity contribution in [3.05, 3.63) is 81.3 Å². The molecule has 2 aromatic heterocycles. The third kappa shape index (κ3) is 4.32. The Morgan fingerprint density at radius 2 is 1.76 bits per heavy atom. The van der Waals surface area contributed by atoms with Crippen LogP contribution in [0.4, 0.5) is 0 Å². The fourth-order valence-electron chi connectivity index (χ4n) is 3.80. The Balaban J connectivity index is 1.60. The number of nitrogens with zero attached hydrogens (tertiary/aromatic N) is 5. The first-order valence-electron chi connectivity index (χ1n) is 10.8. The first-order valence-corrected chi connectivity index (χ1v) is 11.9. The Morgan fingerprint density at radius 3 is 2.47 bits per heavy atom. The molecule has 0 radical (unpaired) electrons. The zero-order chi connectivity index (χ0) is 23.7. The van der Waals surface area contributed by atoms with Gasteiger partial charge in [-0.1, -0.05) is 47.1 Å². The van der Waals surface area contributed by atoms with Gasteiger partial charge in [0.1, 0.15) is 17.0 Å². The van der Waals surface area contributed by atoms with E-state index < -0.39 is 5.91 Å². The zero-order valence-electron chi connectivity index (χ0n) is 18.3. The van der Waals surface area contributed by atoms with Crippen molar-refractivity contribution in [3.8, 4) is 16.9 Å². The summed E-state index contributed by atoms with van der Waals surface area (Å²) in [5.74, 6) is -0.423. The molecule has 0 bridgehead atoms. The van der Waals surface area contributed by atoms with Crippen LogP contribution in [0.1, 0.15) is 39.4 Å². The minimum Gasteiger partial charge on any atom is -0.360 e. The van der Waals surface area contributed by atoms with E-state index in [4.69, 9.17) is 16.1 Å². The second-order valence-corrected chi connectivity index (χ2v) is 9.19. The van der Waals surface area contributed by atoms with Crippen molar-refractivity contribution in [2.75, 3.05) is 13.1 Å². The molecule has 4 aromatic rings. The Morgan fingerprint density at radius 1 is 1.06 bits per heavy atom. The van der Waals surface area contributed by atoms with Crippen molar-refractivity contribution in [1.29, 1.82) is 0 Å². The lowest BCUT2D eigenvalue weighted by molar-refractivity contribution is 0.0785. The van der Waals surface area contributed by atoms with Gasteiger partial charge in [-0.15, -0.1) is 5.10 Å². The van der Waals surface area contributed by atoms with Gasteiger partial charge >= 0.3 is 0 Å². The van der Waals surface area contributed by atoms with Gasteiger partial charge < -0.3 is 9.42 Å². The van der Waals surface area contributed by atoms with Crippen LogP contribution in [0.2, 0.25) is 5.02 Å². The van der Waals surface area contributed by atoms with E-state index in [1.807, 2.05) is 30.3 Å². The molecule has 172 valence electrons. The van der Waals surface area contributed by atoms with Crippen molar-refractivity contribution < 1.29 is 14.1 Å². The summed E-state index contributed by atoms with van der Waals surface area (Å²) in [6, 6.07) is 16.3. The summed E-state index contributed by atoms with van der Waals surface area (Å²) >= 11 is 7.13. The summed E-state index contributed by atoms with van der Waals surface area (Å²) in [6.45, 7) is 2.99. The van der Waals surface area contributed by atoms with E-state index in [9.17, 15) is 9.59 Å². The van der Waals surface area contributed by atoms with E-state index in [2.05, 4.69) is 15.2 Å². The van der Waals surface area contributed by atoms with Crippen LogP contribution in [-0.4, -0.2) is 44.1 Å². The SMILES string of the molecule is Cc1onc(-c2ccccc2)c1C(=O)N=c1sn(-c2ccc(Cl)cc2)nc1C(=O)N1CCCC1. The highest BCUT2D eigenvalue weighted by atomic mass is 35.5.